The molecule has 0 spiro atoms. The summed E-state index contributed by atoms with van der Waals surface area (Å²) in [6.45, 7) is 5.65. The van der Waals surface area contributed by atoms with Gasteiger partial charge >= 0.3 is 5.97 Å². The van der Waals surface area contributed by atoms with Gasteiger partial charge in [0.2, 0.25) is 5.91 Å². The maximum absolute atomic E-state index is 12.6. The van der Waals surface area contributed by atoms with Crippen LogP contribution < -0.4 is 10.6 Å². The molecule has 7 nitrogen and oxygen atoms in total. The summed E-state index contributed by atoms with van der Waals surface area (Å²) in [5.74, 6) is -1.40. The predicted molar refractivity (Wildman–Crippen MR) is 102 cm³/mol. The number of hydrogen-bond acceptors (Lipinski definition) is 5. The van der Waals surface area contributed by atoms with Gasteiger partial charge in [0.25, 0.3) is 5.91 Å². The van der Waals surface area contributed by atoms with Crippen LogP contribution in [0, 0.1) is 6.92 Å². The SMILES string of the molecule is CCCNC(=O)CNC(=O)COC(=O)c1c(CC)nc2ccccc2c1C. The van der Waals surface area contributed by atoms with Crippen LogP contribution in [0.1, 0.15) is 41.9 Å². The number of para-hydroxylation sites is 1. The van der Waals surface area contributed by atoms with Crippen LogP contribution in [0.2, 0.25) is 0 Å². The number of carbonyl (C=O) groups excluding carboxylic acids is 3. The Morgan fingerprint density at radius 1 is 1.07 bits per heavy atom. The fraction of sp³-hybridized carbons (Fsp3) is 0.400. The van der Waals surface area contributed by atoms with Crippen molar-refractivity contribution in [2.45, 2.75) is 33.6 Å². The highest BCUT2D eigenvalue weighted by molar-refractivity contribution is 5.99. The van der Waals surface area contributed by atoms with Crippen molar-refractivity contribution in [1.29, 1.82) is 0 Å². The number of esters is 1. The normalized spacial score (nSPS) is 10.5. The van der Waals surface area contributed by atoms with Gasteiger partial charge in [0.1, 0.15) is 0 Å². The first kappa shape index (κ1) is 20.4. The molecule has 0 saturated carbocycles. The summed E-state index contributed by atoms with van der Waals surface area (Å²) in [6.07, 6.45) is 1.39. The van der Waals surface area contributed by atoms with Gasteiger partial charge in [-0.1, -0.05) is 32.0 Å². The molecule has 2 aromatic rings. The topological polar surface area (TPSA) is 97.4 Å². The summed E-state index contributed by atoms with van der Waals surface area (Å²) in [5, 5.41) is 5.95. The van der Waals surface area contributed by atoms with Crippen LogP contribution in [0.25, 0.3) is 10.9 Å². The van der Waals surface area contributed by atoms with E-state index in [1.165, 1.54) is 0 Å². The van der Waals surface area contributed by atoms with E-state index in [0.29, 0.717) is 24.2 Å². The van der Waals surface area contributed by atoms with Crippen LogP contribution in [0.15, 0.2) is 24.3 Å². The van der Waals surface area contributed by atoms with E-state index in [1.807, 2.05) is 45.0 Å². The highest BCUT2D eigenvalue weighted by Gasteiger charge is 2.20. The molecule has 1 aromatic carbocycles. The number of benzene rings is 1. The number of ether oxygens (including phenoxy) is 1. The molecule has 2 N–H and O–H groups in total. The van der Waals surface area contributed by atoms with Crippen LogP contribution in [-0.2, 0) is 20.7 Å². The zero-order chi connectivity index (χ0) is 19.8. The van der Waals surface area contributed by atoms with Gasteiger partial charge < -0.3 is 15.4 Å². The van der Waals surface area contributed by atoms with Crippen LogP contribution in [0.4, 0.5) is 0 Å². The summed E-state index contributed by atoms with van der Waals surface area (Å²) in [4.78, 5) is 40.4. The molecule has 0 aliphatic rings. The largest absolute Gasteiger partial charge is 0.452 e. The van der Waals surface area contributed by atoms with Crippen LogP contribution >= 0.6 is 0 Å². The molecule has 0 unspecified atom stereocenters. The lowest BCUT2D eigenvalue weighted by atomic mass is 10.0. The van der Waals surface area contributed by atoms with Gasteiger partial charge in [-0.3, -0.25) is 14.6 Å². The lowest BCUT2D eigenvalue weighted by molar-refractivity contribution is -0.127. The van der Waals surface area contributed by atoms with E-state index >= 15 is 0 Å². The first-order valence-corrected chi connectivity index (χ1v) is 9.06. The average molecular weight is 371 g/mol. The van der Waals surface area contributed by atoms with Gasteiger partial charge in [-0.25, -0.2) is 4.79 Å². The Morgan fingerprint density at radius 2 is 1.81 bits per heavy atom. The fourth-order valence-corrected chi connectivity index (χ4v) is 2.73. The monoisotopic (exact) mass is 371 g/mol. The zero-order valence-corrected chi connectivity index (χ0v) is 15.9. The lowest BCUT2D eigenvalue weighted by Crippen LogP contribution is -2.39. The quantitative estimate of drug-likeness (QED) is 0.691. The number of rotatable bonds is 8. The minimum atomic E-state index is -0.590. The average Bonchev–Trinajstić information content (AvgIpc) is 2.68. The number of aromatic nitrogens is 1. The van der Waals surface area contributed by atoms with Crippen molar-refractivity contribution < 1.29 is 19.1 Å². The number of carbonyl (C=O) groups is 3. The van der Waals surface area contributed by atoms with Crippen molar-refractivity contribution in [1.82, 2.24) is 15.6 Å². The second-order valence-electron chi connectivity index (χ2n) is 6.13. The number of fused-ring (bicyclic) bond motifs is 1. The maximum atomic E-state index is 12.6. The van der Waals surface area contributed by atoms with E-state index in [2.05, 4.69) is 15.6 Å². The van der Waals surface area contributed by atoms with Crippen LogP contribution in [0.5, 0.6) is 0 Å². The number of amides is 2. The first-order valence-electron chi connectivity index (χ1n) is 9.06. The molecule has 1 heterocycles. The molecule has 0 aliphatic carbocycles. The number of aryl methyl sites for hydroxylation is 2. The molecule has 27 heavy (non-hydrogen) atoms. The van der Waals surface area contributed by atoms with Crippen LogP contribution in [0.3, 0.4) is 0 Å². The summed E-state index contributed by atoms with van der Waals surface area (Å²) in [7, 11) is 0. The van der Waals surface area contributed by atoms with E-state index in [0.717, 1.165) is 22.9 Å². The molecular formula is C20H25N3O4. The van der Waals surface area contributed by atoms with Gasteiger partial charge in [0.15, 0.2) is 6.61 Å². The molecule has 0 saturated heterocycles. The number of pyridine rings is 1. The molecular weight excluding hydrogens is 346 g/mol. The minimum absolute atomic E-state index is 0.146. The number of nitrogens with zero attached hydrogens (tertiary/aromatic N) is 1. The van der Waals surface area contributed by atoms with Gasteiger partial charge in [0, 0.05) is 11.9 Å². The maximum Gasteiger partial charge on any atom is 0.340 e. The molecule has 0 bridgehead atoms. The van der Waals surface area contributed by atoms with E-state index in [1.54, 1.807) is 0 Å². The summed E-state index contributed by atoms with van der Waals surface area (Å²) < 4.78 is 5.15. The van der Waals surface area contributed by atoms with Crippen LogP contribution in [-0.4, -0.2) is 42.5 Å². The van der Waals surface area contributed by atoms with Crippen molar-refractivity contribution in [3.8, 4) is 0 Å². The Balaban J connectivity index is 2.02. The fourth-order valence-electron chi connectivity index (χ4n) is 2.73. The van der Waals surface area contributed by atoms with Crippen molar-refractivity contribution in [3.63, 3.8) is 0 Å². The van der Waals surface area contributed by atoms with E-state index in [9.17, 15) is 14.4 Å². The van der Waals surface area contributed by atoms with Crippen molar-refractivity contribution >= 4 is 28.7 Å². The molecule has 7 heteroatoms. The Bertz CT molecular complexity index is 848. The Hall–Kier alpha value is -2.96. The predicted octanol–water partition coefficient (Wildman–Crippen LogP) is 1.90. The Kier molecular flexibility index (Phi) is 7.28. The third kappa shape index (κ3) is 5.26. The summed E-state index contributed by atoms with van der Waals surface area (Å²) in [5.41, 5.74) is 2.63. The summed E-state index contributed by atoms with van der Waals surface area (Å²) >= 11 is 0. The van der Waals surface area contributed by atoms with E-state index < -0.39 is 18.5 Å². The Morgan fingerprint density at radius 3 is 2.52 bits per heavy atom. The van der Waals surface area contributed by atoms with Crippen molar-refractivity contribution in [2.24, 2.45) is 0 Å². The van der Waals surface area contributed by atoms with Gasteiger partial charge in [-0.05, 0) is 31.4 Å². The molecule has 2 amide bonds. The molecule has 2 rings (SSSR count). The molecule has 1 aromatic heterocycles. The van der Waals surface area contributed by atoms with Gasteiger partial charge in [-0.2, -0.15) is 0 Å². The molecule has 0 atom stereocenters. The third-order valence-electron chi connectivity index (χ3n) is 4.12. The highest BCUT2D eigenvalue weighted by atomic mass is 16.5. The second kappa shape index (κ2) is 9.66. The van der Waals surface area contributed by atoms with Crippen molar-refractivity contribution in [3.05, 3.63) is 41.1 Å². The van der Waals surface area contributed by atoms with Gasteiger partial charge in [-0.15, -0.1) is 0 Å². The smallest absolute Gasteiger partial charge is 0.340 e. The molecule has 0 aliphatic heterocycles. The highest BCUT2D eigenvalue weighted by Crippen LogP contribution is 2.23. The molecule has 0 fully saturated rings. The summed E-state index contributed by atoms with van der Waals surface area (Å²) in [6, 6.07) is 7.57. The van der Waals surface area contributed by atoms with E-state index in [4.69, 9.17) is 4.74 Å². The zero-order valence-electron chi connectivity index (χ0n) is 15.9. The third-order valence-corrected chi connectivity index (χ3v) is 4.12. The van der Waals surface area contributed by atoms with Crippen molar-refractivity contribution in [2.75, 3.05) is 19.7 Å². The van der Waals surface area contributed by atoms with Gasteiger partial charge in [0.05, 0.1) is 23.3 Å². The standard InChI is InChI=1S/C20H25N3O4/c1-4-10-21-17(24)11-22-18(25)12-27-20(26)19-13(3)14-8-6-7-9-16(14)23-15(19)5-2/h6-9H,4-5,10-12H2,1-3H3,(H,21,24)(H,22,25). The molecule has 0 radical (unpaired) electrons. The Labute approximate surface area is 158 Å². The molecule has 144 valence electrons. The second-order valence-corrected chi connectivity index (χ2v) is 6.13. The number of hydrogen-bond donors (Lipinski definition) is 2. The number of nitrogens with one attached hydrogen (secondary N) is 2. The lowest BCUT2D eigenvalue weighted by Gasteiger charge is -2.13. The minimum Gasteiger partial charge on any atom is -0.452 e. The van der Waals surface area contributed by atoms with E-state index in [-0.39, 0.29) is 12.5 Å². The first-order chi connectivity index (χ1) is 13.0.